The lowest BCUT2D eigenvalue weighted by Crippen LogP contribution is -2.86. The standard InChI is InChI=1S/C14H23NO2/c1-4-5-6-7-13(16)17-14(2,3)12-8-10-15-11-9-12/h12,15H,4-5,8-11H2,1-3H3/p+1. The van der Waals surface area contributed by atoms with E-state index in [4.69, 9.17) is 4.74 Å². The summed E-state index contributed by atoms with van der Waals surface area (Å²) < 4.78 is 5.50. The van der Waals surface area contributed by atoms with Gasteiger partial charge in [-0.2, -0.15) is 0 Å². The Labute approximate surface area is 104 Å². The van der Waals surface area contributed by atoms with Crippen molar-refractivity contribution in [2.75, 3.05) is 13.1 Å². The van der Waals surface area contributed by atoms with Crippen LogP contribution in [0.25, 0.3) is 0 Å². The molecule has 3 heteroatoms. The second kappa shape index (κ2) is 6.66. The Kier molecular flexibility index (Phi) is 5.50. The smallest absolute Gasteiger partial charge is 0.384 e. The van der Waals surface area contributed by atoms with Crippen molar-refractivity contribution in [1.29, 1.82) is 0 Å². The van der Waals surface area contributed by atoms with Gasteiger partial charge in [-0.25, -0.2) is 4.79 Å². The summed E-state index contributed by atoms with van der Waals surface area (Å²) >= 11 is 0. The summed E-state index contributed by atoms with van der Waals surface area (Å²) in [6, 6.07) is 0. The number of esters is 1. The first-order valence-corrected chi connectivity index (χ1v) is 6.59. The van der Waals surface area contributed by atoms with Crippen molar-refractivity contribution < 1.29 is 14.8 Å². The molecule has 0 aromatic carbocycles. The summed E-state index contributed by atoms with van der Waals surface area (Å²) in [7, 11) is 0. The summed E-state index contributed by atoms with van der Waals surface area (Å²) in [6.07, 6.45) is 3.96. The zero-order valence-corrected chi connectivity index (χ0v) is 11.2. The van der Waals surface area contributed by atoms with E-state index < -0.39 is 0 Å². The average Bonchev–Trinajstić information content (AvgIpc) is 2.30. The number of nitrogens with two attached hydrogens (primary N) is 1. The fourth-order valence-corrected chi connectivity index (χ4v) is 2.23. The second-order valence-corrected chi connectivity index (χ2v) is 5.19. The van der Waals surface area contributed by atoms with Crippen molar-refractivity contribution in [3.05, 3.63) is 0 Å². The van der Waals surface area contributed by atoms with E-state index in [1.165, 1.54) is 0 Å². The molecule has 0 radical (unpaired) electrons. The van der Waals surface area contributed by atoms with Gasteiger partial charge in [0.25, 0.3) is 0 Å². The first-order chi connectivity index (χ1) is 8.06. The van der Waals surface area contributed by atoms with E-state index in [9.17, 15) is 4.79 Å². The Morgan fingerprint density at radius 3 is 2.65 bits per heavy atom. The van der Waals surface area contributed by atoms with Crippen LogP contribution in [0.5, 0.6) is 0 Å². The normalized spacial score (nSPS) is 17.1. The molecule has 1 fully saturated rings. The largest absolute Gasteiger partial charge is 0.450 e. The van der Waals surface area contributed by atoms with E-state index >= 15 is 0 Å². The van der Waals surface area contributed by atoms with Crippen molar-refractivity contribution in [2.24, 2.45) is 5.92 Å². The van der Waals surface area contributed by atoms with Crippen LogP contribution >= 0.6 is 0 Å². The van der Waals surface area contributed by atoms with Crippen LogP contribution in [0.4, 0.5) is 0 Å². The number of ether oxygens (including phenoxy) is 1. The highest BCUT2D eigenvalue weighted by Gasteiger charge is 2.34. The molecule has 96 valence electrons. The van der Waals surface area contributed by atoms with Gasteiger partial charge < -0.3 is 10.1 Å². The van der Waals surface area contributed by atoms with Crippen LogP contribution in [0.3, 0.4) is 0 Å². The van der Waals surface area contributed by atoms with Gasteiger partial charge in [-0.3, -0.25) is 0 Å². The van der Waals surface area contributed by atoms with Gasteiger partial charge in [0, 0.05) is 31.1 Å². The molecule has 0 unspecified atom stereocenters. The third-order valence-electron chi connectivity index (χ3n) is 3.34. The molecule has 0 aliphatic carbocycles. The van der Waals surface area contributed by atoms with Crippen LogP contribution in [0.15, 0.2) is 0 Å². The SMILES string of the molecule is CCCC#CC(=O)OC(C)(C)C1CC[NH2+]CC1. The number of carbonyl (C=O) groups excluding carboxylic acids is 1. The number of quaternary nitrogens is 1. The highest BCUT2D eigenvalue weighted by Crippen LogP contribution is 2.27. The maximum Gasteiger partial charge on any atom is 0.384 e. The lowest BCUT2D eigenvalue weighted by atomic mass is 9.83. The minimum atomic E-state index is -0.383. The number of rotatable bonds is 3. The zero-order valence-electron chi connectivity index (χ0n) is 11.2. The van der Waals surface area contributed by atoms with Crippen molar-refractivity contribution in [2.45, 2.75) is 52.1 Å². The molecule has 0 aromatic rings. The van der Waals surface area contributed by atoms with E-state index in [0.29, 0.717) is 5.92 Å². The third-order valence-corrected chi connectivity index (χ3v) is 3.34. The number of unbranched alkanes of at least 4 members (excludes halogenated alkanes) is 1. The molecule has 0 atom stereocenters. The van der Waals surface area contributed by atoms with Crippen LogP contribution in [-0.2, 0) is 9.53 Å². The molecular weight excluding hydrogens is 214 g/mol. The van der Waals surface area contributed by atoms with Gasteiger partial charge in [0.05, 0.1) is 13.1 Å². The molecular formula is C14H24NO2+. The van der Waals surface area contributed by atoms with E-state index in [0.717, 1.165) is 38.8 Å². The Morgan fingerprint density at radius 1 is 1.41 bits per heavy atom. The van der Waals surface area contributed by atoms with Gasteiger partial charge in [0.1, 0.15) is 5.60 Å². The van der Waals surface area contributed by atoms with E-state index in [1.54, 1.807) is 0 Å². The Morgan fingerprint density at radius 2 is 2.06 bits per heavy atom. The van der Waals surface area contributed by atoms with Gasteiger partial charge in [-0.15, -0.1) is 0 Å². The lowest BCUT2D eigenvalue weighted by molar-refractivity contribution is -0.665. The Bertz CT molecular complexity index is 306. The highest BCUT2D eigenvalue weighted by molar-refractivity contribution is 5.88. The zero-order chi connectivity index (χ0) is 12.7. The Balaban J connectivity index is 2.47. The summed E-state index contributed by atoms with van der Waals surface area (Å²) in [6.45, 7) is 8.31. The molecule has 17 heavy (non-hydrogen) atoms. The minimum absolute atomic E-state index is 0.377. The molecule has 1 rings (SSSR count). The quantitative estimate of drug-likeness (QED) is 0.454. The van der Waals surface area contributed by atoms with Gasteiger partial charge in [-0.05, 0) is 20.3 Å². The molecule has 2 N–H and O–H groups in total. The van der Waals surface area contributed by atoms with Crippen molar-refractivity contribution in [3.63, 3.8) is 0 Å². The van der Waals surface area contributed by atoms with Crippen LogP contribution < -0.4 is 5.32 Å². The van der Waals surface area contributed by atoms with Gasteiger partial charge in [-0.1, -0.05) is 12.8 Å². The number of hydrogen-bond donors (Lipinski definition) is 1. The fraction of sp³-hybridized carbons (Fsp3) is 0.786. The average molecular weight is 238 g/mol. The molecule has 0 aromatic heterocycles. The maximum atomic E-state index is 11.6. The summed E-state index contributed by atoms with van der Waals surface area (Å²) in [5.74, 6) is 5.48. The molecule has 1 saturated heterocycles. The topological polar surface area (TPSA) is 42.9 Å². The summed E-state index contributed by atoms with van der Waals surface area (Å²) in [5, 5.41) is 2.31. The van der Waals surface area contributed by atoms with E-state index in [-0.39, 0.29) is 11.6 Å². The molecule has 1 aliphatic rings. The fourth-order valence-electron chi connectivity index (χ4n) is 2.23. The lowest BCUT2D eigenvalue weighted by Gasteiger charge is -2.34. The molecule has 1 heterocycles. The summed E-state index contributed by atoms with van der Waals surface area (Å²) in [5.41, 5.74) is -0.383. The third kappa shape index (κ3) is 4.79. The molecule has 0 spiro atoms. The predicted molar refractivity (Wildman–Crippen MR) is 67.2 cm³/mol. The monoisotopic (exact) mass is 238 g/mol. The van der Waals surface area contributed by atoms with Crippen molar-refractivity contribution in [1.82, 2.24) is 0 Å². The van der Waals surface area contributed by atoms with Gasteiger partial charge in [0.15, 0.2) is 0 Å². The van der Waals surface area contributed by atoms with Crippen LogP contribution in [0.1, 0.15) is 46.5 Å². The maximum absolute atomic E-state index is 11.6. The number of hydrogen-bond acceptors (Lipinski definition) is 2. The van der Waals surface area contributed by atoms with E-state index in [1.807, 2.05) is 20.8 Å². The first-order valence-electron chi connectivity index (χ1n) is 6.59. The van der Waals surface area contributed by atoms with E-state index in [2.05, 4.69) is 17.2 Å². The molecule has 1 aliphatic heterocycles. The molecule has 0 saturated carbocycles. The highest BCUT2D eigenvalue weighted by atomic mass is 16.6. The molecule has 3 nitrogen and oxygen atoms in total. The van der Waals surface area contributed by atoms with Crippen LogP contribution in [-0.4, -0.2) is 24.7 Å². The van der Waals surface area contributed by atoms with Crippen LogP contribution in [0.2, 0.25) is 0 Å². The number of piperidine rings is 1. The second-order valence-electron chi connectivity index (χ2n) is 5.19. The summed E-state index contributed by atoms with van der Waals surface area (Å²) in [4.78, 5) is 11.6. The molecule has 0 bridgehead atoms. The minimum Gasteiger partial charge on any atom is -0.450 e. The van der Waals surface area contributed by atoms with Crippen molar-refractivity contribution in [3.8, 4) is 11.8 Å². The van der Waals surface area contributed by atoms with Gasteiger partial charge in [0.2, 0.25) is 0 Å². The predicted octanol–water partition coefficient (Wildman–Crippen LogP) is 1.09. The van der Waals surface area contributed by atoms with Crippen LogP contribution in [0, 0.1) is 17.8 Å². The number of carbonyl (C=O) groups is 1. The Hall–Kier alpha value is -1.01. The molecule has 0 amide bonds. The van der Waals surface area contributed by atoms with Gasteiger partial charge >= 0.3 is 5.97 Å². The van der Waals surface area contributed by atoms with Crippen molar-refractivity contribution >= 4 is 5.97 Å². The first kappa shape index (κ1) is 14.1.